The van der Waals surface area contributed by atoms with Crippen LogP contribution in [0.4, 0.5) is 11.4 Å². The summed E-state index contributed by atoms with van der Waals surface area (Å²) in [6.45, 7) is 0.713. The second kappa shape index (κ2) is 12.9. The molecule has 0 saturated heterocycles. The molecule has 4 aromatic carbocycles. The van der Waals surface area contributed by atoms with Crippen molar-refractivity contribution in [2.24, 2.45) is 0 Å². The Morgan fingerprint density at radius 3 is 1.81 bits per heavy atom. The molecule has 0 spiro atoms. The molecular formula is C29H25N3O4S. The molecule has 4 aromatic rings. The molecule has 186 valence electrons. The normalized spacial score (nSPS) is 10.2. The van der Waals surface area contributed by atoms with Gasteiger partial charge in [0.25, 0.3) is 11.8 Å². The summed E-state index contributed by atoms with van der Waals surface area (Å²) in [6, 6.07) is 32.3. The van der Waals surface area contributed by atoms with E-state index in [0.29, 0.717) is 41.5 Å². The van der Waals surface area contributed by atoms with Crippen molar-refractivity contribution in [2.45, 2.75) is 0 Å². The summed E-state index contributed by atoms with van der Waals surface area (Å²) in [7, 11) is 0. The van der Waals surface area contributed by atoms with E-state index in [1.54, 1.807) is 60.7 Å². The number of anilines is 2. The molecule has 0 atom stereocenters. The van der Waals surface area contributed by atoms with Crippen molar-refractivity contribution in [3.05, 3.63) is 120 Å². The highest BCUT2D eigenvalue weighted by atomic mass is 32.1. The van der Waals surface area contributed by atoms with E-state index >= 15 is 0 Å². The molecule has 0 bridgehead atoms. The number of rotatable bonds is 9. The topological polar surface area (TPSA) is 88.7 Å². The lowest BCUT2D eigenvalue weighted by Crippen LogP contribution is -2.34. The van der Waals surface area contributed by atoms with Gasteiger partial charge in [0, 0.05) is 22.5 Å². The van der Waals surface area contributed by atoms with Gasteiger partial charge >= 0.3 is 0 Å². The van der Waals surface area contributed by atoms with Crippen LogP contribution in [0.15, 0.2) is 109 Å². The van der Waals surface area contributed by atoms with Crippen LogP contribution in [0.3, 0.4) is 0 Å². The molecule has 0 unspecified atom stereocenters. The van der Waals surface area contributed by atoms with Crippen LogP contribution in [0.2, 0.25) is 0 Å². The van der Waals surface area contributed by atoms with Crippen molar-refractivity contribution in [1.82, 2.24) is 5.32 Å². The maximum atomic E-state index is 12.7. The number of amides is 2. The van der Waals surface area contributed by atoms with E-state index in [2.05, 4.69) is 16.0 Å². The van der Waals surface area contributed by atoms with Crippen LogP contribution in [0, 0.1) is 0 Å². The molecule has 0 aliphatic heterocycles. The third kappa shape index (κ3) is 7.91. The largest absolute Gasteiger partial charge is 0.490 e. The predicted octanol–water partition coefficient (Wildman–Crippen LogP) is 5.52. The number of para-hydroxylation sites is 1. The standard InChI is InChI=1S/C29H25N3O4S/c33-27(21-8-3-1-4-9-21)30-23-14-16-24(17-15-23)31-29(37)32-28(34)22-10-7-13-26(20-22)36-19-18-35-25-11-5-2-6-12-25/h1-17,20H,18-19H2,(H,30,33)(H2,31,32,34,37). The van der Waals surface area contributed by atoms with Crippen LogP contribution in [0.5, 0.6) is 11.5 Å². The molecule has 0 saturated carbocycles. The van der Waals surface area contributed by atoms with Gasteiger partial charge in [-0.15, -0.1) is 0 Å². The van der Waals surface area contributed by atoms with E-state index in [4.69, 9.17) is 21.7 Å². The first kappa shape index (κ1) is 25.4. The molecule has 0 radical (unpaired) electrons. The lowest BCUT2D eigenvalue weighted by molar-refractivity contribution is 0.0975. The third-order valence-corrected chi connectivity index (χ3v) is 5.33. The maximum absolute atomic E-state index is 12.7. The van der Waals surface area contributed by atoms with Crippen LogP contribution in [0.25, 0.3) is 0 Å². The number of hydrogen-bond acceptors (Lipinski definition) is 5. The second-order valence-electron chi connectivity index (χ2n) is 7.84. The molecule has 2 amide bonds. The first-order valence-corrected chi connectivity index (χ1v) is 12.0. The summed E-state index contributed by atoms with van der Waals surface area (Å²) in [5, 5.41) is 8.61. The Morgan fingerprint density at radius 2 is 1.14 bits per heavy atom. The average Bonchev–Trinajstić information content (AvgIpc) is 2.93. The summed E-state index contributed by atoms with van der Waals surface area (Å²) in [5.41, 5.74) is 2.28. The Kier molecular flexibility index (Phi) is 8.82. The van der Waals surface area contributed by atoms with Crippen molar-refractivity contribution >= 4 is 40.5 Å². The average molecular weight is 512 g/mol. The molecule has 7 nitrogen and oxygen atoms in total. The Balaban J connectivity index is 1.23. The van der Waals surface area contributed by atoms with E-state index in [0.717, 1.165) is 5.75 Å². The van der Waals surface area contributed by atoms with Crippen molar-refractivity contribution in [2.75, 3.05) is 23.8 Å². The molecule has 4 rings (SSSR count). The van der Waals surface area contributed by atoms with Gasteiger partial charge < -0.3 is 20.1 Å². The zero-order valence-corrected chi connectivity index (χ0v) is 20.7. The first-order chi connectivity index (χ1) is 18.1. The number of ether oxygens (including phenoxy) is 2. The number of carbonyl (C=O) groups excluding carboxylic acids is 2. The molecule has 8 heteroatoms. The van der Waals surface area contributed by atoms with E-state index in [1.807, 2.05) is 48.5 Å². The van der Waals surface area contributed by atoms with E-state index in [-0.39, 0.29) is 16.9 Å². The van der Waals surface area contributed by atoms with Crippen molar-refractivity contribution < 1.29 is 19.1 Å². The quantitative estimate of drug-likeness (QED) is 0.202. The fourth-order valence-corrected chi connectivity index (χ4v) is 3.54. The van der Waals surface area contributed by atoms with E-state index in [9.17, 15) is 9.59 Å². The molecule has 0 fully saturated rings. The Bertz CT molecular complexity index is 1350. The van der Waals surface area contributed by atoms with Crippen LogP contribution < -0.4 is 25.4 Å². The molecular weight excluding hydrogens is 486 g/mol. The summed E-state index contributed by atoms with van der Waals surface area (Å²) in [5.74, 6) is 0.761. The lowest BCUT2D eigenvalue weighted by atomic mass is 10.2. The highest BCUT2D eigenvalue weighted by Gasteiger charge is 2.10. The Hall–Kier alpha value is -4.69. The van der Waals surface area contributed by atoms with Gasteiger partial charge in [-0.2, -0.15) is 0 Å². The third-order valence-electron chi connectivity index (χ3n) is 5.12. The molecule has 0 aliphatic carbocycles. The Labute approximate surface area is 220 Å². The van der Waals surface area contributed by atoms with Crippen LogP contribution in [-0.2, 0) is 0 Å². The van der Waals surface area contributed by atoms with Crippen molar-refractivity contribution in [3.63, 3.8) is 0 Å². The zero-order chi connectivity index (χ0) is 25.9. The van der Waals surface area contributed by atoms with Gasteiger partial charge in [0.2, 0.25) is 0 Å². The first-order valence-electron chi connectivity index (χ1n) is 11.6. The van der Waals surface area contributed by atoms with Crippen LogP contribution in [0.1, 0.15) is 20.7 Å². The van der Waals surface area contributed by atoms with Gasteiger partial charge in [-0.3, -0.25) is 14.9 Å². The number of benzene rings is 4. The Morgan fingerprint density at radius 1 is 0.595 bits per heavy atom. The number of carbonyl (C=O) groups is 2. The number of thiocarbonyl (C=S) groups is 1. The molecule has 0 aromatic heterocycles. The minimum atomic E-state index is -0.366. The van der Waals surface area contributed by atoms with Gasteiger partial charge in [0.1, 0.15) is 24.7 Å². The molecule has 37 heavy (non-hydrogen) atoms. The fraction of sp³-hybridized carbons (Fsp3) is 0.0690. The zero-order valence-electron chi connectivity index (χ0n) is 19.8. The predicted molar refractivity (Wildman–Crippen MR) is 148 cm³/mol. The lowest BCUT2D eigenvalue weighted by Gasteiger charge is -2.12. The van der Waals surface area contributed by atoms with Crippen molar-refractivity contribution in [1.29, 1.82) is 0 Å². The van der Waals surface area contributed by atoms with Crippen LogP contribution >= 0.6 is 12.2 Å². The van der Waals surface area contributed by atoms with Crippen LogP contribution in [-0.4, -0.2) is 30.1 Å². The van der Waals surface area contributed by atoms with Gasteiger partial charge in [0.05, 0.1) is 0 Å². The summed E-state index contributed by atoms with van der Waals surface area (Å²) in [4.78, 5) is 24.9. The summed E-state index contributed by atoms with van der Waals surface area (Å²) < 4.78 is 11.3. The minimum absolute atomic E-state index is 0.147. The second-order valence-corrected chi connectivity index (χ2v) is 8.25. The van der Waals surface area contributed by atoms with E-state index < -0.39 is 0 Å². The molecule has 0 heterocycles. The SMILES string of the molecule is O=C(NC(=S)Nc1ccc(NC(=O)c2ccccc2)cc1)c1cccc(OCCOc2ccccc2)c1. The monoisotopic (exact) mass is 511 g/mol. The maximum Gasteiger partial charge on any atom is 0.257 e. The van der Waals surface area contributed by atoms with E-state index in [1.165, 1.54) is 0 Å². The smallest absolute Gasteiger partial charge is 0.257 e. The van der Waals surface area contributed by atoms with Gasteiger partial charge in [-0.1, -0.05) is 42.5 Å². The molecule has 3 N–H and O–H groups in total. The minimum Gasteiger partial charge on any atom is -0.490 e. The number of nitrogens with one attached hydrogen (secondary N) is 3. The summed E-state index contributed by atoms with van der Waals surface area (Å²) in [6.07, 6.45) is 0. The molecule has 0 aliphatic rings. The van der Waals surface area contributed by atoms with Crippen molar-refractivity contribution in [3.8, 4) is 11.5 Å². The number of hydrogen-bond donors (Lipinski definition) is 3. The highest BCUT2D eigenvalue weighted by Crippen LogP contribution is 2.16. The van der Waals surface area contributed by atoms with Gasteiger partial charge in [-0.25, -0.2) is 0 Å². The fourth-order valence-electron chi connectivity index (χ4n) is 3.33. The van der Waals surface area contributed by atoms with Gasteiger partial charge in [-0.05, 0) is 78.9 Å². The summed E-state index contributed by atoms with van der Waals surface area (Å²) >= 11 is 5.28. The van der Waals surface area contributed by atoms with Gasteiger partial charge in [0.15, 0.2) is 5.11 Å². The highest BCUT2D eigenvalue weighted by molar-refractivity contribution is 7.80.